The lowest BCUT2D eigenvalue weighted by Crippen LogP contribution is -2.52. The first-order valence-electron chi connectivity index (χ1n) is 18.6. The van der Waals surface area contributed by atoms with Gasteiger partial charge in [-0.05, 0) is 31.0 Å². The van der Waals surface area contributed by atoms with Crippen LogP contribution in [0, 0.1) is 0 Å². The van der Waals surface area contributed by atoms with Crippen LogP contribution >= 0.6 is 0 Å². The van der Waals surface area contributed by atoms with E-state index in [4.69, 9.17) is 23.9 Å². The van der Waals surface area contributed by atoms with Gasteiger partial charge in [0.25, 0.3) is 5.91 Å². The summed E-state index contributed by atoms with van der Waals surface area (Å²) in [5.41, 5.74) is 4.37. The van der Waals surface area contributed by atoms with Gasteiger partial charge in [-0.3, -0.25) is 29.2 Å². The summed E-state index contributed by atoms with van der Waals surface area (Å²) in [4.78, 5) is 63.2. The number of hydrogen-bond donors (Lipinski definition) is 5. The molecule has 0 aliphatic carbocycles. The number of rotatable bonds is 23. The lowest BCUT2D eigenvalue weighted by Gasteiger charge is -2.29. The van der Waals surface area contributed by atoms with Crippen molar-refractivity contribution in [2.75, 3.05) is 83.1 Å². The van der Waals surface area contributed by atoms with Gasteiger partial charge in [0.1, 0.15) is 11.7 Å². The van der Waals surface area contributed by atoms with Crippen molar-refractivity contribution in [2.45, 2.75) is 45.3 Å². The van der Waals surface area contributed by atoms with Crippen molar-refractivity contribution in [3.8, 4) is 11.3 Å². The lowest BCUT2D eigenvalue weighted by atomic mass is 10.0. The topological polar surface area (TPSA) is 216 Å². The number of piperidine rings is 1. The van der Waals surface area contributed by atoms with E-state index in [1.165, 1.54) is 4.90 Å². The lowest BCUT2D eigenvalue weighted by molar-refractivity contribution is -0.137. The molecule has 1 unspecified atom stereocenters. The Hall–Kier alpha value is -5.43. The molecule has 0 radical (unpaired) electrons. The van der Waals surface area contributed by atoms with Gasteiger partial charge in [-0.2, -0.15) is 10.1 Å². The van der Waals surface area contributed by atoms with Gasteiger partial charge in [0.05, 0.1) is 71.3 Å². The smallest absolute Gasteiger partial charge is 0.255 e. The normalized spacial score (nSPS) is 15.4. The second kappa shape index (κ2) is 19.8. The molecule has 3 aromatic heterocycles. The van der Waals surface area contributed by atoms with E-state index < -0.39 is 11.9 Å². The summed E-state index contributed by atoms with van der Waals surface area (Å²) < 4.78 is 24.2. The summed E-state index contributed by atoms with van der Waals surface area (Å²) in [5, 5.41) is 16.8. The van der Waals surface area contributed by atoms with Crippen molar-refractivity contribution < 1.29 is 38.1 Å². The highest BCUT2D eigenvalue weighted by Crippen LogP contribution is 2.32. The average molecular weight is 761 g/mol. The number of nitrogens with zero attached hydrogens (tertiary/aromatic N) is 5. The maximum Gasteiger partial charge on any atom is 0.255 e. The monoisotopic (exact) mass is 760 g/mol. The van der Waals surface area contributed by atoms with Crippen molar-refractivity contribution in [1.29, 1.82) is 0 Å². The Kier molecular flexibility index (Phi) is 14.1. The van der Waals surface area contributed by atoms with Crippen LogP contribution in [0.3, 0.4) is 0 Å². The van der Waals surface area contributed by atoms with E-state index >= 15 is 0 Å². The van der Waals surface area contributed by atoms with Crippen LogP contribution in [0.4, 0.5) is 11.6 Å². The molecule has 0 saturated carbocycles. The summed E-state index contributed by atoms with van der Waals surface area (Å²) in [7, 11) is 0. The summed E-state index contributed by atoms with van der Waals surface area (Å²) in [6.45, 7) is 7.37. The zero-order valence-electron chi connectivity index (χ0n) is 30.9. The number of ether oxygens (including phenoxy) is 4. The first kappa shape index (κ1) is 39.3. The Morgan fingerprint density at radius 3 is 2.42 bits per heavy atom. The molecule has 5 heterocycles. The van der Waals surface area contributed by atoms with E-state index in [9.17, 15) is 19.2 Å². The highest BCUT2D eigenvalue weighted by atomic mass is 16.6. The fraction of sp³-hybridized carbons (Fsp3) is 0.486. The van der Waals surface area contributed by atoms with Crippen molar-refractivity contribution in [2.24, 2.45) is 0 Å². The molecule has 55 heavy (non-hydrogen) atoms. The predicted octanol–water partition coefficient (Wildman–Crippen LogP) is 1.70. The Morgan fingerprint density at radius 1 is 0.927 bits per heavy atom. The number of hydrogen-bond acceptors (Lipinski definition) is 13. The molecule has 1 saturated heterocycles. The number of benzene rings is 1. The number of carbonyl (C=O) groups excluding carboxylic acids is 4. The number of carbonyl (C=O) groups is 4. The fourth-order valence-corrected chi connectivity index (χ4v) is 6.33. The second-order valence-corrected chi connectivity index (χ2v) is 12.9. The summed E-state index contributed by atoms with van der Waals surface area (Å²) in [5.74, 6) is -0.779. The molecule has 294 valence electrons. The van der Waals surface area contributed by atoms with Gasteiger partial charge >= 0.3 is 0 Å². The second-order valence-electron chi connectivity index (χ2n) is 12.9. The summed E-state index contributed by atoms with van der Waals surface area (Å²) in [6.07, 6.45) is 7.16. The van der Waals surface area contributed by atoms with E-state index in [1.54, 1.807) is 18.2 Å². The molecule has 18 nitrogen and oxygen atoms in total. The van der Waals surface area contributed by atoms with E-state index in [0.717, 1.165) is 40.8 Å². The molecule has 1 atom stereocenters. The Bertz CT molecular complexity index is 1930. The fourth-order valence-electron chi connectivity index (χ4n) is 6.33. The Morgan fingerprint density at radius 2 is 1.67 bits per heavy atom. The van der Waals surface area contributed by atoms with Crippen LogP contribution in [0.2, 0.25) is 0 Å². The molecular weight excluding hydrogens is 712 g/mol. The van der Waals surface area contributed by atoms with Crippen molar-refractivity contribution in [1.82, 2.24) is 40.3 Å². The van der Waals surface area contributed by atoms with Crippen LogP contribution in [-0.4, -0.2) is 132 Å². The van der Waals surface area contributed by atoms with Crippen LogP contribution in [-0.2, 0) is 46.4 Å². The number of amides is 4. The number of nitrogens with one attached hydrogen (secondary N) is 5. The minimum absolute atomic E-state index is 0.00251. The molecule has 18 heteroatoms. The minimum Gasteiger partial charge on any atom is -0.377 e. The number of H-pyrrole nitrogens is 1. The largest absolute Gasteiger partial charge is 0.377 e. The van der Waals surface area contributed by atoms with Gasteiger partial charge in [-0.15, -0.1) is 0 Å². The first-order valence-corrected chi connectivity index (χ1v) is 18.6. The van der Waals surface area contributed by atoms with Crippen LogP contribution in [0.25, 0.3) is 22.3 Å². The molecule has 2 aliphatic rings. The standard InChI is InChI=1S/C37H48N10O8/c1-2-12-46-23-25(21-42-46)33-27-8-9-39-34(27)45-37(44-33)40-11-14-53-16-18-55-20-19-54-17-15-52-13-10-38-32(49)22-41-29-5-3-4-26-28(29)24-47(36(26)51)30-6-7-31(48)43-35(30)50/h3-5,8-9,21,23,30,41H,2,6-7,10-20,22,24H2,1H3,(H,38,49)(H,43,48,50)(H2,39,40,44,45). The summed E-state index contributed by atoms with van der Waals surface area (Å²) >= 11 is 0. The molecule has 1 aromatic carbocycles. The zero-order chi connectivity index (χ0) is 38.4. The number of fused-ring (bicyclic) bond motifs is 2. The van der Waals surface area contributed by atoms with E-state index in [2.05, 4.69) is 43.3 Å². The molecule has 4 aromatic rings. The molecule has 6 rings (SSSR count). The molecule has 0 bridgehead atoms. The molecule has 5 N–H and O–H groups in total. The molecule has 0 spiro atoms. The highest BCUT2D eigenvalue weighted by Gasteiger charge is 2.39. The maximum absolute atomic E-state index is 13.0. The van der Waals surface area contributed by atoms with Crippen molar-refractivity contribution in [3.63, 3.8) is 0 Å². The average Bonchev–Trinajstić information content (AvgIpc) is 3.93. The predicted molar refractivity (Wildman–Crippen MR) is 201 cm³/mol. The third-order valence-electron chi connectivity index (χ3n) is 9.01. The number of imide groups is 1. The van der Waals surface area contributed by atoms with Gasteiger partial charge in [0, 0.05) is 72.8 Å². The quantitative estimate of drug-likeness (QED) is 0.0538. The van der Waals surface area contributed by atoms with Crippen LogP contribution in [0.15, 0.2) is 42.9 Å². The molecule has 4 amide bonds. The van der Waals surface area contributed by atoms with Gasteiger partial charge in [-0.1, -0.05) is 13.0 Å². The minimum atomic E-state index is -0.699. The van der Waals surface area contributed by atoms with Gasteiger partial charge in [0.15, 0.2) is 0 Å². The van der Waals surface area contributed by atoms with Crippen molar-refractivity contribution in [3.05, 3.63) is 54.0 Å². The number of aromatic amines is 1. The zero-order valence-corrected chi connectivity index (χ0v) is 30.9. The Balaban J connectivity index is 0.752. The highest BCUT2D eigenvalue weighted by molar-refractivity contribution is 6.06. The third-order valence-corrected chi connectivity index (χ3v) is 9.01. The van der Waals surface area contributed by atoms with Crippen LogP contribution in [0.1, 0.15) is 42.1 Å². The van der Waals surface area contributed by atoms with Gasteiger partial charge < -0.3 is 44.8 Å². The molecule has 2 aliphatic heterocycles. The van der Waals surface area contributed by atoms with Crippen LogP contribution in [0.5, 0.6) is 0 Å². The maximum atomic E-state index is 13.0. The van der Waals surface area contributed by atoms with E-state index in [0.29, 0.717) is 83.1 Å². The number of aryl methyl sites for hydroxylation is 1. The molecule has 1 fully saturated rings. The summed E-state index contributed by atoms with van der Waals surface area (Å²) in [6, 6.07) is 6.48. The Labute approximate surface area is 318 Å². The number of aromatic nitrogens is 5. The molecular formula is C37H48N10O8. The van der Waals surface area contributed by atoms with Gasteiger partial charge in [-0.25, -0.2) is 4.98 Å². The SMILES string of the molecule is CCCn1cc(-c2nc(NCCOCCOCCOCCOCCNC(=O)CNc3cccc4c3CN(C3CCC(=O)NC3=O)C4=O)nc3[nH]ccc23)cn1. The third kappa shape index (κ3) is 10.6. The van der Waals surface area contributed by atoms with E-state index in [1.807, 2.05) is 29.3 Å². The van der Waals surface area contributed by atoms with Gasteiger partial charge in [0.2, 0.25) is 23.7 Å². The van der Waals surface area contributed by atoms with E-state index in [-0.39, 0.29) is 43.7 Å². The van der Waals surface area contributed by atoms with Crippen LogP contribution < -0.4 is 21.3 Å². The first-order chi connectivity index (χ1) is 26.9. The van der Waals surface area contributed by atoms with Crippen molar-refractivity contribution >= 4 is 46.3 Å². The number of anilines is 2.